The summed E-state index contributed by atoms with van der Waals surface area (Å²) in [6.45, 7) is 1.42. The van der Waals surface area contributed by atoms with Gasteiger partial charge in [0.25, 0.3) is 5.91 Å². The van der Waals surface area contributed by atoms with Crippen molar-refractivity contribution in [2.75, 3.05) is 0 Å². The Morgan fingerprint density at radius 2 is 1.83 bits per heavy atom. The Morgan fingerprint density at radius 1 is 1.22 bits per heavy atom. The molecule has 0 bridgehead atoms. The predicted octanol–water partition coefficient (Wildman–Crippen LogP) is 3.47. The lowest BCUT2D eigenvalue weighted by Gasteiger charge is -2.23. The van der Waals surface area contributed by atoms with Crippen LogP contribution >= 0.6 is 15.9 Å². The van der Waals surface area contributed by atoms with Crippen LogP contribution in [0.25, 0.3) is 0 Å². The summed E-state index contributed by atoms with van der Waals surface area (Å²) in [5, 5.41) is 13.4. The van der Waals surface area contributed by atoms with Crippen molar-refractivity contribution in [2.24, 2.45) is 0 Å². The fraction of sp³-hybridized carbons (Fsp3) is 0.278. The van der Waals surface area contributed by atoms with E-state index in [0.29, 0.717) is 5.56 Å². The largest absolute Gasteiger partial charge is 0.376 e. The first-order valence-corrected chi connectivity index (χ1v) is 8.22. The third kappa shape index (κ3) is 3.46. The number of carbonyl (C=O) groups is 1. The molecule has 0 spiro atoms. The molecular formula is C18H17BrFNO2. The molecule has 23 heavy (non-hydrogen) atoms. The highest BCUT2D eigenvalue weighted by Crippen LogP contribution is 2.41. The number of halogens is 2. The maximum atomic E-state index is 13.0. The molecule has 3 nitrogen and oxygen atoms in total. The van der Waals surface area contributed by atoms with Crippen LogP contribution in [0, 0.1) is 5.82 Å². The monoisotopic (exact) mass is 377 g/mol. The molecule has 120 valence electrons. The van der Waals surface area contributed by atoms with Crippen LogP contribution in [0.1, 0.15) is 30.4 Å². The molecule has 1 aliphatic rings. The number of carbonyl (C=O) groups excluding carboxylic acids is 1. The summed E-state index contributed by atoms with van der Waals surface area (Å²) in [7, 11) is 0. The Labute approximate surface area is 142 Å². The second kappa shape index (κ2) is 6.06. The molecule has 2 aromatic rings. The van der Waals surface area contributed by atoms with Gasteiger partial charge in [-0.1, -0.05) is 40.2 Å². The summed E-state index contributed by atoms with van der Waals surface area (Å²) in [5.41, 5.74) is -0.141. The maximum absolute atomic E-state index is 13.0. The van der Waals surface area contributed by atoms with Crippen molar-refractivity contribution in [3.8, 4) is 0 Å². The SMILES string of the molecule is CC(O)(C(=O)N[C@@H]1C[C@H]1c1ccc(Br)cc1)c1ccc(F)cc1. The molecule has 1 aliphatic carbocycles. The van der Waals surface area contributed by atoms with Crippen LogP contribution in [0.3, 0.4) is 0 Å². The summed E-state index contributed by atoms with van der Waals surface area (Å²) in [4.78, 5) is 12.4. The summed E-state index contributed by atoms with van der Waals surface area (Å²) >= 11 is 3.40. The normalized spacial score (nSPS) is 22.3. The van der Waals surface area contributed by atoms with Crippen molar-refractivity contribution in [3.05, 3.63) is 69.9 Å². The van der Waals surface area contributed by atoms with Gasteiger partial charge >= 0.3 is 0 Å². The molecule has 5 heteroatoms. The van der Waals surface area contributed by atoms with Crippen molar-refractivity contribution >= 4 is 21.8 Å². The first-order valence-electron chi connectivity index (χ1n) is 7.43. The Balaban J connectivity index is 1.65. The number of nitrogens with one attached hydrogen (secondary N) is 1. The van der Waals surface area contributed by atoms with E-state index in [1.807, 2.05) is 24.3 Å². The average Bonchev–Trinajstić information content (AvgIpc) is 3.27. The highest BCUT2D eigenvalue weighted by molar-refractivity contribution is 9.10. The quantitative estimate of drug-likeness (QED) is 0.856. The van der Waals surface area contributed by atoms with Gasteiger partial charge in [-0.2, -0.15) is 0 Å². The van der Waals surface area contributed by atoms with Crippen molar-refractivity contribution in [2.45, 2.75) is 30.9 Å². The van der Waals surface area contributed by atoms with Crippen LogP contribution in [-0.4, -0.2) is 17.1 Å². The Bertz CT molecular complexity index is 713. The number of rotatable bonds is 4. The molecule has 0 saturated heterocycles. The number of amides is 1. The molecule has 2 N–H and O–H groups in total. The van der Waals surface area contributed by atoms with E-state index < -0.39 is 17.3 Å². The summed E-state index contributed by atoms with van der Waals surface area (Å²) < 4.78 is 14.0. The second-order valence-electron chi connectivity index (χ2n) is 6.05. The van der Waals surface area contributed by atoms with Gasteiger partial charge in [-0.05, 0) is 48.7 Å². The van der Waals surface area contributed by atoms with Crippen LogP contribution < -0.4 is 5.32 Å². The minimum Gasteiger partial charge on any atom is -0.376 e. The molecule has 0 aliphatic heterocycles. The van der Waals surface area contributed by atoms with E-state index >= 15 is 0 Å². The van der Waals surface area contributed by atoms with Crippen LogP contribution in [0.4, 0.5) is 4.39 Å². The van der Waals surface area contributed by atoms with E-state index in [-0.39, 0.29) is 12.0 Å². The lowest BCUT2D eigenvalue weighted by molar-refractivity contribution is -0.139. The second-order valence-corrected chi connectivity index (χ2v) is 6.97. The van der Waals surface area contributed by atoms with Crippen molar-refractivity contribution < 1.29 is 14.3 Å². The molecule has 1 amide bonds. The Morgan fingerprint density at radius 3 is 2.43 bits per heavy atom. The van der Waals surface area contributed by atoms with Gasteiger partial charge in [-0.25, -0.2) is 4.39 Å². The molecule has 0 radical (unpaired) electrons. The minimum atomic E-state index is -1.68. The van der Waals surface area contributed by atoms with Gasteiger partial charge in [0.2, 0.25) is 0 Å². The predicted molar refractivity (Wildman–Crippen MR) is 89.4 cm³/mol. The fourth-order valence-corrected chi connectivity index (χ4v) is 2.91. The fourth-order valence-electron chi connectivity index (χ4n) is 2.65. The zero-order valence-corrected chi connectivity index (χ0v) is 14.2. The molecule has 1 fully saturated rings. The van der Waals surface area contributed by atoms with E-state index in [0.717, 1.165) is 10.9 Å². The molecule has 3 atom stereocenters. The van der Waals surface area contributed by atoms with Crippen LogP contribution in [0.2, 0.25) is 0 Å². The first-order chi connectivity index (χ1) is 10.9. The van der Waals surface area contributed by atoms with E-state index in [4.69, 9.17) is 0 Å². The van der Waals surface area contributed by atoms with E-state index in [2.05, 4.69) is 21.2 Å². The topological polar surface area (TPSA) is 49.3 Å². The summed E-state index contributed by atoms with van der Waals surface area (Å²) in [6, 6.07) is 13.3. The molecular weight excluding hydrogens is 361 g/mol. The van der Waals surface area contributed by atoms with E-state index in [1.54, 1.807) is 0 Å². The zero-order chi connectivity index (χ0) is 16.6. The number of aliphatic hydroxyl groups is 1. The molecule has 0 aromatic heterocycles. The molecule has 0 heterocycles. The summed E-state index contributed by atoms with van der Waals surface area (Å²) in [5.74, 6) is -0.591. The zero-order valence-electron chi connectivity index (χ0n) is 12.6. The molecule has 3 rings (SSSR count). The third-order valence-corrected chi connectivity index (χ3v) is 4.78. The van der Waals surface area contributed by atoms with Gasteiger partial charge in [0.15, 0.2) is 5.60 Å². The van der Waals surface area contributed by atoms with Gasteiger partial charge in [0.05, 0.1) is 0 Å². The Hall–Kier alpha value is -1.72. The van der Waals surface area contributed by atoms with Crippen LogP contribution in [0.15, 0.2) is 53.0 Å². The lowest BCUT2D eigenvalue weighted by Crippen LogP contribution is -2.43. The van der Waals surface area contributed by atoms with E-state index in [9.17, 15) is 14.3 Å². The number of benzene rings is 2. The molecule has 1 unspecified atom stereocenters. The van der Waals surface area contributed by atoms with Crippen LogP contribution in [0.5, 0.6) is 0 Å². The first kappa shape index (κ1) is 16.1. The van der Waals surface area contributed by atoms with Gasteiger partial charge in [0, 0.05) is 16.4 Å². The van der Waals surface area contributed by atoms with Gasteiger partial charge in [-0.15, -0.1) is 0 Å². The lowest BCUT2D eigenvalue weighted by atomic mass is 9.95. The molecule has 1 saturated carbocycles. The average molecular weight is 378 g/mol. The standard InChI is InChI=1S/C18H17BrFNO2/c1-18(23,12-4-8-14(20)9-5-12)17(22)21-16-10-15(16)11-2-6-13(19)7-3-11/h2-9,15-16,23H,10H2,1H3,(H,21,22)/t15-,16+,18?/m0/s1. The van der Waals surface area contributed by atoms with Crippen molar-refractivity contribution in [3.63, 3.8) is 0 Å². The third-order valence-electron chi connectivity index (χ3n) is 4.25. The number of hydrogen-bond acceptors (Lipinski definition) is 2. The van der Waals surface area contributed by atoms with Gasteiger partial charge < -0.3 is 10.4 Å². The van der Waals surface area contributed by atoms with Crippen LogP contribution in [-0.2, 0) is 10.4 Å². The maximum Gasteiger partial charge on any atom is 0.256 e. The van der Waals surface area contributed by atoms with Gasteiger partial charge in [0.1, 0.15) is 5.82 Å². The van der Waals surface area contributed by atoms with Crippen molar-refractivity contribution in [1.29, 1.82) is 0 Å². The van der Waals surface area contributed by atoms with Gasteiger partial charge in [-0.3, -0.25) is 4.79 Å². The van der Waals surface area contributed by atoms with Crippen molar-refractivity contribution in [1.82, 2.24) is 5.32 Å². The highest BCUT2D eigenvalue weighted by Gasteiger charge is 2.43. The highest BCUT2D eigenvalue weighted by atomic mass is 79.9. The number of hydrogen-bond donors (Lipinski definition) is 2. The smallest absolute Gasteiger partial charge is 0.256 e. The summed E-state index contributed by atoms with van der Waals surface area (Å²) in [6.07, 6.45) is 0.854. The minimum absolute atomic E-state index is 0.0237. The van der Waals surface area contributed by atoms with E-state index in [1.165, 1.54) is 36.8 Å². The Kier molecular flexibility index (Phi) is 4.25. The molecule has 2 aromatic carbocycles.